The molecule has 13 heteroatoms. The number of benzene rings is 3. The lowest BCUT2D eigenvalue weighted by atomic mass is 9.78. The quantitative estimate of drug-likeness (QED) is 0.148. The summed E-state index contributed by atoms with van der Waals surface area (Å²) in [5.41, 5.74) is 2.14. The van der Waals surface area contributed by atoms with Crippen LogP contribution in [0.5, 0.6) is 5.75 Å². The maximum atomic E-state index is 13.5. The Hall–Kier alpha value is -4.84. The van der Waals surface area contributed by atoms with Gasteiger partial charge in [0.25, 0.3) is 0 Å². The normalized spacial score (nSPS) is 26.3. The van der Waals surface area contributed by atoms with Crippen LogP contribution in [0.1, 0.15) is 41.7 Å². The fourth-order valence-corrected chi connectivity index (χ4v) is 5.55. The Morgan fingerprint density at radius 2 is 1.57 bits per heavy atom. The number of halogens is 1. The number of hydrogen-bond acceptors (Lipinski definition) is 9. The fourth-order valence-electron chi connectivity index (χ4n) is 5.55. The van der Waals surface area contributed by atoms with E-state index in [1.54, 1.807) is 41.3 Å². The minimum Gasteiger partial charge on any atom is -0.479 e. The number of carboxylic acid groups (broad SMARTS) is 2. The average Bonchev–Trinajstić information content (AvgIpc) is 3.04. The van der Waals surface area contributed by atoms with E-state index < -0.39 is 66.5 Å². The number of anilines is 1. The van der Waals surface area contributed by atoms with Crippen molar-refractivity contribution in [2.45, 2.75) is 55.7 Å². The van der Waals surface area contributed by atoms with E-state index in [9.17, 15) is 44.3 Å². The van der Waals surface area contributed by atoms with Gasteiger partial charge in [-0.15, -0.1) is 0 Å². The zero-order valence-electron chi connectivity index (χ0n) is 24.0. The van der Waals surface area contributed by atoms with Gasteiger partial charge >= 0.3 is 11.9 Å². The molecule has 2 aliphatic rings. The molecule has 2 heterocycles. The molecule has 0 aromatic heterocycles. The number of carbonyl (C=O) groups is 3. The number of carboxylic acids is 2. The van der Waals surface area contributed by atoms with Crippen molar-refractivity contribution in [1.29, 1.82) is 0 Å². The van der Waals surface area contributed by atoms with Crippen LogP contribution in [0.25, 0.3) is 0 Å². The summed E-state index contributed by atoms with van der Waals surface area (Å²) >= 11 is 0. The van der Waals surface area contributed by atoms with E-state index in [1.807, 2.05) is 5.92 Å². The number of nitrogens with zero attached hydrogens (tertiary/aromatic N) is 1. The van der Waals surface area contributed by atoms with E-state index in [0.717, 1.165) is 0 Å². The number of ether oxygens (including phenoxy) is 2. The van der Waals surface area contributed by atoms with Crippen molar-refractivity contribution in [3.05, 3.63) is 95.3 Å². The minimum absolute atomic E-state index is 0.141. The van der Waals surface area contributed by atoms with Gasteiger partial charge in [0.05, 0.1) is 18.1 Å². The minimum atomic E-state index is -1.87. The van der Waals surface area contributed by atoms with Crippen molar-refractivity contribution < 1.29 is 58.9 Å². The summed E-state index contributed by atoms with van der Waals surface area (Å²) in [7, 11) is 0. The van der Waals surface area contributed by atoms with Crippen molar-refractivity contribution in [1.82, 2.24) is 0 Å². The Morgan fingerprint density at radius 3 is 2.17 bits per heavy atom. The first-order chi connectivity index (χ1) is 21.9. The summed E-state index contributed by atoms with van der Waals surface area (Å²) in [5, 5.41) is 59.1. The number of carbonyl (C=O) groups excluding carboxylic acids is 1. The molecule has 2 saturated heterocycles. The number of amides is 1. The predicted octanol–water partition coefficient (Wildman–Crippen LogP) is 1.75. The van der Waals surface area contributed by atoms with Crippen molar-refractivity contribution >= 4 is 23.5 Å². The van der Waals surface area contributed by atoms with Crippen molar-refractivity contribution in [3.8, 4) is 17.6 Å². The highest BCUT2D eigenvalue weighted by atomic mass is 19.1. The van der Waals surface area contributed by atoms with E-state index in [0.29, 0.717) is 22.4 Å². The molecule has 0 aliphatic carbocycles. The van der Waals surface area contributed by atoms with Crippen LogP contribution in [0.2, 0.25) is 0 Å². The summed E-state index contributed by atoms with van der Waals surface area (Å²) in [6.07, 6.45) is -9.30. The van der Waals surface area contributed by atoms with Crippen molar-refractivity contribution in [3.63, 3.8) is 0 Å². The molecule has 0 spiro atoms. The molecular weight excluding hydrogens is 605 g/mol. The van der Waals surface area contributed by atoms with Gasteiger partial charge in [0.2, 0.25) is 12.2 Å². The number of β-lactam (4-membered cyclic amide) rings is 1. The molecule has 2 aliphatic heterocycles. The number of rotatable bonds is 9. The Bertz CT molecular complexity index is 1640. The van der Waals surface area contributed by atoms with Gasteiger partial charge in [-0.05, 0) is 72.5 Å². The van der Waals surface area contributed by atoms with Crippen LogP contribution >= 0.6 is 0 Å². The molecule has 240 valence electrons. The second kappa shape index (κ2) is 13.7. The Labute approximate surface area is 261 Å². The molecule has 6 N–H and O–H groups in total. The molecule has 12 nitrogen and oxygen atoms in total. The largest absolute Gasteiger partial charge is 0.479 e. The third-order valence-corrected chi connectivity index (χ3v) is 7.97. The maximum absolute atomic E-state index is 13.5. The first-order valence-electron chi connectivity index (χ1n) is 14.2. The average molecular weight is 636 g/mol. The SMILES string of the molecule is O=C(O)C#Cc1ccc(N2C(=O)C(CC[C@H](O)c3ccc(F)cc3)[C@H]2c2ccc(O[C@@H]3O[C@H](C(=O)O)[C@@H](O)[C@H](O)[C@H]3O)cc2)cc1. The predicted molar refractivity (Wildman–Crippen MR) is 157 cm³/mol. The standard InChI is InChI=1S/C33H30FNO11/c34-20-8-4-18(5-9-20)24(36)15-14-23-26(35(31(23)42)21-10-1-17(2-11-21)3-16-25(37)38)19-6-12-22(13-7-19)45-33-29(41)27(39)28(40)30(46-33)32(43)44/h1-2,4-13,23-24,26-30,33,36,39-41H,14-15H2,(H,37,38)(H,43,44)/t23?,24-,26+,27-,28-,29+,30-,33+/m0/s1. The topological polar surface area (TPSA) is 194 Å². The summed E-state index contributed by atoms with van der Waals surface area (Å²) in [4.78, 5) is 37.2. The van der Waals surface area contributed by atoms with E-state index >= 15 is 0 Å². The third kappa shape index (κ3) is 6.86. The van der Waals surface area contributed by atoms with Crippen molar-refractivity contribution in [2.75, 3.05) is 4.90 Å². The molecule has 2 fully saturated rings. The fraction of sp³-hybridized carbons (Fsp3) is 0.303. The van der Waals surface area contributed by atoms with Gasteiger partial charge in [-0.3, -0.25) is 4.79 Å². The maximum Gasteiger partial charge on any atom is 0.382 e. The molecule has 3 aromatic rings. The monoisotopic (exact) mass is 635 g/mol. The lowest BCUT2D eigenvalue weighted by molar-refractivity contribution is -0.271. The Morgan fingerprint density at radius 1 is 0.913 bits per heavy atom. The molecule has 1 amide bonds. The second-order valence-electron chi connectivity index (χ2n) is 10.9. The Kier molecular flexibility index (Phi) is 9.66. The van der Waals surface area contributed by atoms with Crippen LogP contribution in [-0.2, 0) is 19.1 Å². The van der Waals surface area contributed by atoms with E-state index in [4.69, 9.17) is 14.6 Å². The van der Waals surface area contributed by atoms with Gasteiger partial charge in [0.1, 0.15) is 29.9 Å². The number of hydrogen-bond donors (Lipinski definition) is 6. The summed E-state index contributed by atoms with van der Waals surface area (Å²) in [5.74, 6) is 0.655. The molecule has 5 rings (SSSR count). The molecule has 3 aromatic carbocycles. The van der Waals surface area contributed by atoms with E-state index in [1.165, 1.54) is 36.4 Å². The zero-order chi connectivity index (χ0) is 33.1. The lowest BCUT2D eigenvalue weighted by Crippen LogP contribution is -2.61. The summed E-state index contributed by atoms with van der Waals surface area (Å²) in [6.45, 7) is 0. The van der Waals surface area contributed by atoms with Crippen molar-refractivity contribution in [2.24, 2.45) is 5.92 Å². The van der Waals surface area contributed by atoms with Gasteiger partial charge in [-0.1, -0.05) is 30.2 Å². The van der Waals surface area contributed by atoms with Gasteiger partial charge in [0, 0.05) is 17.2 Å². The molecule has 46 heavy (non-hydrogen) atoms. The van der Waals surface area contributed by atoms with Crippen LogP contribution in [0.4, 0.5) is 10.1 Å². The van der Waals surface area contributed by atoms with Crippen LogP contribution < -0.4 is 9.64 Å². The van der Waals surface area contributed by atoms with E-state index in [-0.39, 0.29) is 24.5 Å². The van der Waals surface area contributed by atoms with Crippen LogP contribution in [0.15, 0.2) is 72.8 Å². The van der Waals surface area contributed by atoms with Crippen LogP contribution in [0, 0.1) is 23.6 Å². The van der Waals surface area contributed by atoms with Gasteiger partial charge in [0.15, 0.2) is 6.10 Å². The second-order valence-corrected chi connectivity index (χ2v) is 10.9. The first-order valence-corrected chi connectivity index (χ1v) is 14.2. The number of aliphatic hydroxyl groups is 4. The van der Waals surface area contributed by atoms with Gasteiger partial charge in [-0.25, -0.2) is 14.0 Å². The zero-order valence-corrected chi connectivity index (χ0v) is 24.0. The van der Waals surface area contributed by atoms with Gasteiger partial charge in [-0.2, -0.15) is 0 Å². The molecule has 8 atom stereocenters. The molecule has 1 unspecified atom stereocenters. The smallest absolute Gasteiger partial charge is 0.382 e. The molecule has 0 bridgehead atoms. The molecule has 0 saturated carbocycles. The lowest BCUT2D eigenvalue weighted by Gasteiger charge is -2.48. The van der Waals surface area contributed by atoms with E-state index in [2.05, 4.69) is 5.92 Å². The summed E-state index contributed by atoms with van der Waals surface area (Å²) in [6, 6.07) is 17.7. The highest BCUT2D eigenvalue weighted by Crippen LogP contribution is 2.46. The number of aliphatic hydroxyl groups excluding tert-OH is 4. The molecule has 0 radical (unpaired) electrons. The number of aliphatic carboxylic acids is 2. The summed E-state index contributed by atoms with van der Waals surface area (Å²) < 4.78 is 24.1. The Balaban J connectivity index is 1.36. The third-order valence-electron chi connectivity index (χ3n) is 7.97. The highest BCUT2D eigenvalue weighted by Gasteiger charge is 2.49. The molecular formula is C33H30FNO11. The van der Waals surface area contributed by atoms with Gasteiger partial charge < -0.3 is 45.0 Å². The van der Waals surface area contributed by atoms with Crippen LogP contribution in [-0.4, -0.2) is 79.2 Å². The van der Waals surface area contributed by atoms with Crippen LogP contribution in [0.3, 0.4) is 0 Å². The highest BCUT2D eigenvalue weighted by molar-refractivity contribution is 6.03. The first kappa shape index (κ1) is 32.6.